The van der Waals surface area contributed by atoms with Crippen molar-refractivity contribution >= 4 is 35.3 Å². The molecule has 1 heterocycles. The van der Waals surface area contributed by atoms with Gasteiger partial charge in [0.2, 0.25) is 5.91 Å². The summed E-state index contributed by atoms with van der Waals surface area (Å²) in [6.07, 6.45) is 0. The molecular formula is C19H19NO2S2. The van der Waals surface area contributed by atoms with E-state index >= 15 is 0 Å². The zero-order valence-corrected chi connectivity index (χ0v) is 15.5. The molecule has 3 rings (SSSR count). The molecular weight excluding hydrogens is 338 g/mol. The van der Waals surface area contributed by atoms with E-state index < -0.39 is 9.49 Å². The maximum Gasteiger partial charge on any atom is 0.257 e. The Morgan fingerprint density at radius 1 is 0.750 bits per heavy atom. The molecule has 1 fully saturated rings. The minimum atomic E-state index is -0.929. The molecule has 2 aromatic rings. The lowest BCUT2D eigenvalue weighted by molar-refractivity contribution is -0.139. The molecule has 1 aliphatic heterocycles. The second-order valence-electron chi connectivity index (χ2n) is 6.24. The van der Waals surface area contributed by atoms with Gasteiger partial charge in [-0.2, -0.15) is 0 Å². The normalized spacial score (nSPS) is 18.9. The smallest absolute Gasteiger partial charge is 0.257 e. The Labute approximate surface area is 150 Å². The molecule has 0 aliphatic carbocycles. The molecule has 0 unspecified atom stereocenters. The van der Waals surface area contributed by atoms with Crippen LogP contribution in [0.3, 0.4) is 0 Å². The van der Waals surface area contributed by atoms with Crippen LogP contribution < -0.4 is 0 Å². The largest absolute Gasteiger partial charge is 0.283 e. The predicted octanol–water partition coefficient (Wildman–Crippen LogP) is 4.29. The second kappa shape index (κ2) is 6.30. The zero-order chi connectivity index (χ0) is 17.4. The summed E-state index contributed by atoms with van der Waals surface area (Å²) in [5.74, 6) is -0.292. The van der Waals surface area contributed by atoms with E-state index in [9.17, 15) is 9.59 Å². The topological polar surface area (TPSA) is 37.4 Å². The molecule has 0 radical (unpaired) electrons. The third-order valence-corrected chi connectivity index (χ3v) is 7.72. The van der Waals surface area contributed by atoms with Gasteiger partial charge < -0.3 is 0 Å². The lowest BCUT2D eigenvalue weighted by Crippen LogP contribution is -2.41. The minimum Gasteiger partial charge on any atom is -0.283 e. The van der Waals surface area contributed by atoms with Crippen molar-refractivity contribution in [3.8, 4) is 0 Å². The number of thioether (sulfide) groups is 2. The minimum absolute atomic E-state index is 0.139. The maximum atomic E-state index is 13.1. The van der Waals surface area contributed by atoms with Gasteiger partial charge in [0.15, 0.2) is 4.08 Å². The summed E-state index contributed by atoms with van der Waals surface area (Å²) in [7, 11) is 1.57. The van der Waals surface area contributed by atoms with Gasteiger partial charge in [-0.3, -0.25) is 14.5 Å². The van der Waals surface area contributed by atoms with Gasteiger partial charge in [0.25, 0.3) is 5.91 Å². The van der Waals surface area contributed by atoms with Crippen LogP contribution in [0, 0.1) is 5.41 Å². The van der Waals surface area contributed by atoms with Crippen molar-refractivity contribution < 1.29 is 9.59 Å². The Hall–Kier alpha value is -1.72. The summed E-state index contributed by atoms with van der Waals surface area (Å²) < 4.78 is -0.929. The summed E-state index contributed by atoms with van der Waals surface area (Å²) in [5, 5.41) is 0. The fourth-order valence-corrected chi connectivity index (χ4v) is 5.94. The van der Waals surface area contributed by atoms with Crippen molar-refractivity contribution in [3.05, 3.63) is 60.7 Å². The molecule has 0 aromatic heterocycles. The quantitative estimate of drug-likeness (QED) is 0.604. The van der Waals surface area contributed by atoms with Crippen molar-refractivity contribution in [2.75, 3.05) is 7.05 Å². The number of imide groups is 1. The Morgan fingerprint density at radius 3 is 1.50 bits per heavy atom. The molecule has 0 spiro atoms. The Balaban J connectivity index is 2.10. The third kappa shape index (κ3) is 2.66. The number of amides is 2. The van der Waals surface area contributed by atoms with E-state index in [1.165, 1.54) is 28.4 Å². The van der Waals surface area contributed by atoms with Crippen LogP contribution in [0.4, 0.5) is 0 Å². The molecule has 0 atom stereocenters. The molecule has 2 amide bonds. The lowest BCUT2D eigenvalue weighted by Gasteiger charge is -2.35. The van der Waals surface area contributed by atoms with Crippen molar-refractivity contribution in [1.29, 1.82) is 0 Å². The first kappa shape index (κ1) is 17.1. The van der Waals surface area contributed by atoms with E-state index in [2.05, 4.69) is 0 Å². The number of carbonyl (C=O) groups is 2. The average Bonchev–Trinajstić information content (AvgIpc) is 2.71. The molecule has 2 aromatic carbocycles. The van der Waals surface area contributed by atoms with Crippen LogP contribution in [0.15, 0.2) is 70.5 Å². The summed E-state index contributed by atoms with van der Waals surface area (Å²) in [6, 6.07) is 19.6. The van der Waals surface area contributed by atoms with E-state index in [0.29, 0.717) is 0 Å². The van der Waals surface area contributed by atoms with Crippen LogP contribution in [0.25, 0.3) is 0 Å². The molecule has 5 heteroatoms. The molecule has 0 bridgehead atoms. The van der Waals surface area contributed by atoms with Crippen LogP contribution in [-0.2, 0) is 9.59 Å². The summed E-state index contributed by atoms with van der Waals surface area (Å²) in [5.41, 5.74) is -0.820. The monoisotopic (exact) mass is 357 g/mol. The summed E-state index contributed by atoms with van der Waals surface area (Å²) in [4.78, 5) is 29.1. The molecule has 0 saturated carbocycles. The van der Waals surface area contributed by atoms with Crippen molar-refractivity contribution in [2.24, 2.45) is 5.41 Å². The molecule has 3 nitrogen and oxygen atoms in total. The van der Waals surface area contributed by atoms with E-state index in [-0.39, 0.29) is 11.8 Å². The summed E-state index contributed by atoms with van der Waals surface area (Å²) >= 11 is 2.93. The molecule has 0 N–H and O–H groups in total. The van der Waals surface area contributed by atoms with Gasteiger partial charge >= 0.3 is 0 Å². The maximum absolute atomic E-state index is 13.1. The highest BCUT2D eigenvalue weighted by molar-refractivity contribution is 8.19. The Bertz CT molecular complexity index is 718. The fourth-order valence-electron chi connectivity index (χ4n) is 2.81. The van der Waals surface area contributed by atoms with Gasteiger partial charge in [-0.15, -0.1) is 0 Å². The van der Waals surface area contributed by atoms with E-state index in [1.807, 2.05) is 74.5 Å². The number of likely N-dealkylation sites (tertiary alicyclic amines) is 1. The molecule has 1 saturated heterocycles. The SMILES string of the molecule is CN1C(=O)C(C)(C)C(Sc2ccccc2)(Sc2ccccc2)C1=O. The van der Waals surface area contributed by atoms with Gasteiger partial charge in [-0.25, -0.2) is 0 Å². The number of rotatable bonds is 4. The van der Waals surface area contributed by atoms with Gasteiger partial charge in [-0.1, -0.05) is 59.9 Å². The van der Waals surface area contributed by atoms with Crippen LogP contribution in [0.5, 0.6) is 0 Å². The first-order valence-corrected chi connectivity index (χ1v) is 9.32. The molecule has 124 valence electrons. The van der Waals surface area contributed by atoms with Gasteiger partial charge in [-0.05, 0) is 38.1 Å². The van der Waals surface area contributed by atoms with Crippen LogP contribution in [0.2, 0.25) is 0 Å². The zero-order valence-electron chi connectivity index (χ0n) is 13.9. The highest BCUT2D eigenvalue weighted by Gasteiger charge is 2.65. The molecule has 24 heavy (non-hydrogen) atoms. The van der Waals surface area contributed by atoms with E-state index in [0.717, 1.165) is 9.79 Å². The van der Waals surface area contributed by atoms with Gasteiger partial charge in [0.1, 0.15) is 0 Å². The van der Waals surface area contributed by atoms with E-state index in [1.54, 1.807) is 7.05 Å². The third-order valence-electron chi connectivity index (χ3n) is 4.26. The highest BCUT2D eigenvalue weighted by atomic mass is 32.2. The fraction of sp³-hybridized carbons (Fsp3) is 0.263. The molecule has 1 aliphatic rings. The van der Waals surface area contributed by atoms with Gasteiger partial charge in [0, 0.05) is 16.8 Å². The van der Waals surface area contributed by atoms with Crippen LogP contribution >= 0.6 is 23.5 Å². The number of nitrogens with zero attached hydrogens (tertiary/aromatic N) is 1. The predicted molar refractivity (Wildman–Crippen MR) is 98.9 cm³/mol. The number of benzene rings is 2. The number of hydrogen-bond acceptors (Lipinski definition) is 4. The first-order chi connectivity index (χ1) is 11.4. The lowest BCUT2D eigenvalue weighted by atomic mass is 9.90. The van der Waals surface area contributed by atoms with Gasteiger partial charge in [0.05, 0.1) is 5.41 Å². The summed E-state index contributed by atoms with van der Waals surface area (Å²) in [6.45, 7) is 3.73. The number of hydrogen-bond donors (Lipinski definition) is 0. The Kier molecular flexibility index (Phi) is 4.49. The highest BCUT2D eigenvalue weighted by Crippen LogP contribution is 2.60. The second-order valence-corrected chi connectivity index (χ2v) is 9.08. The standard InChI is InChI=1S/C19H19NO2S2/c1-18(2)16(21)20(3)17(22)19(18,23-14-10-6-4-7-11-14)24-15-12-8-5-9-13-15/h4-13H,1-3H3. The number of carbonyl (C=O) groups excluding carboxylic acids is 2. The van der Waals surface area contributed by atoms with Crippen molar-refractivity contribution in [3.63, 3.8) is 0 Å². The van der Waals surface area contributed by atoms with E-state index in [4.69, 9.17) is 0 Å². The van der Waals surface area contributed by atoms with Crippen LogP contribution in [-0.4, -0.2) is 27.8 Å². The van der Waals surface area contributed by atoms with Crippen molar-refractivity contribution in [2.45, 2.75) is 27.7 Å². The average molecular weight is 358 g/mol. The van der Waals surface area contributed by atoms with Crippen LogP contribution in [0.1, 0.15) is 13.8 Å². The van der Waals surface area contributed by atoms with Crippen molar-refractivity contribution in [1.82, 2.24) is 4.90 Å². The first-order valence-electron chi connectivity index (χ1n) is 7.69. The Morgan fingerprint density at radius 2 is 1.17 bits per heavy atom.